The Labute approximate surface area is 206 Å². The van der Waals surface area contributed by atoms with E-state index in [1.165, 1.54) is 32.1 Å². The van der Waals surface area contributed by atoms with Gasteiger partial charge in [0.1, 0.15) is 11.5 Å². The Morgan fingerprint density at radius 3 is 2.32 bits per heavy atom. The van der Waals surface area contributed by atoms with E-state index in [2.05, 4.69) is 18.8 Å². The van der Waals surface area contributed by atoms with Crippen LogP contribution in [0, 0.1) is 11.3 Å². The molecular formula is C30H44N2O2. The molecule has 0 amide bonds. The van der Waals surface area contributed by atoms with Gasteiger partial charge in [0.05, 0.1) is 11.4 Å². The number of rotatable bonds is 13. The molecule has 0 aromatic heterocycles. The second kappa shape index (κ2) is 13.4. The van der Waals surface area contributed by atoms with Gasteiger partial charge in [-0.3, -0.25) is 9.59 Å². The van der Waals surface area contributed by atoms with E-state index >= 15 is 0 Å². The molecule has 1 atom stereocenters. The molecule has 1 aromatic carbocycles. The third kappa shape index (κ3) is 8.38. The number of nitrogens with zero attached hydrogens (tertiary/aromatic N) is 1. The van der Waals surface area contributed by atoms with Crippen LogP contribution in [0.5, 0.6) is 0 Å². The van der Waals surface area contributed by atoms with Gasteiger partial charge in [-0.15, -0.1) is 0 Å². The SMILES string of the molecule is CCCCCCCCC(CC)C(=O)CCC1=CC(=Nc2ccccc2N)C(=O)C(C(C)(C)C)=C1. The summed E-state index contributed by atoms with van der Waals surface area (Å²) in [6.07, 6.45) is 14.3. The molecule has 0 spiro atoms. The lowest BCUT2D eigenvalue weighted by Gasteiger charge is -2.25. The number of hydrogen-bond acceptors (Lipinski definition) is 4. The summed E-state index contributed by atoms with van der Waals surface area (Å²) >= 11 is 0. The summed E-state index contributed by atoms with van der Waals surface area (Å²) in [6, 6.07) is 7.31. The number of anilines is 1. The molecule has 1 unspecified atom stereocenters. The number of Topliss-reactive ketones (excluding diaryl/α,β-unsaturated/α-hetero) is 2. The van der Waals surface area contributed by atoms with Gasteiger partial charge in [-0.25, -0.2) is 4.99 Å². The summed E-state index contributed by atoms with van der Waals surface area (Å²) in [5, 5.41) is 0. The molecule has 4 nitrogen and oxygen atoms in total. The van der Waals surface area contributed by atoms with Gasteiger partial charge in [0.15, 0.2) is 0 Å². The number of allylic oxidation sites excluding steroid dienone is 4. The smallest absolute Gasteiger partial charge is 0.207 e. The minimum absolute atomic E-state index is 0.0691. The number of ketones is 2. The quantitative estimate of drug-likeness (QED) is 0.183. The molecule has 34 heavy (non-hydrogen) atoms. The Hall–Kier alpha value is -2.49. The highest BCUT2D eigenvalue weighted by molar-refractivity contribution is 6.51. The van der Waals surface area contributed by atoms with Crippen LogP contribution in [0.1, 0.15) is 98.8 Å². The van der Waals surface area contributed by atoms with Crippen LogP contribution in [0.4, 0.5) is 11.4 Å². The zero-order chi connectivity index (χ0) is 25.1. The van der Waals surface area contributed by atoms with E-state index in [0.29, 0.717) is 35.7 Å². The molecule has 0 saturated carbocycles. The zero-order valence-corrected chi connectivity index (χ0v) is 22.0. The maximum absolute atomic E-state index is 13.2. The van der Waals surface area contributed by atoms with E-state index < -0.39 is 0 Å². The largest absolute Gasteiger partial charge is 0.397 e. The van der Waals surface area contributed by atoms with E-state index in [1.807, 2.05) is 51.1 Å². The van der Waals surface area contributed by atoms with Crippen molar-refractivity contribution >= 4 is 28.7 Å². The van der Waals surface area contributed by atoms with Crippen LogP contribution in [0.3, 0.4) is 0 Å². The molecule has 0 fully saturated rings. The first-order valence-corrected chi connectivity index (χ1v) is 13.1. The molecule has 2 N–H and O–H groups in total. The Morgan fingerprint density at radius 2 is 1.68 bits per heavy atom. The Bertz CT molecular complexity index is 931. The average molecular weight is 465 g/mol. The van der Waals surface area contributed by atoms with Gasteiger partial charge in [0, 0.05) is 17.9 Å². The highest BCUT2D eigenvalue weighted by Gasteiger charge is 2.30. The maximum Gasteiger partial charge on any atom is 0.207 e. The Morgan fingerprint density at radius 1 is 1.00 bits per heavy atom. The zero-order valence-electron chi connectivity index (χ0n) is 22.0. The molecule has 1 aliphatic rings. The molecule has 186 valence electrons. The summed E-state index contributed by atoms with van der Waals surface area (Å²) in [4.78, 5) is 30.8. The van der Waals surface area contributed by atoms with Gasteiger partial charge >= 0.3 is 0 Å². The molecule has 2 rings (SSSR count). The van der Waals surface area contributed by atoms with Crippen molar-refractivity contribution in [3.63, 3.8) is 0 Å². The van der Waals surface area contributed by atoms with Crippen LogP contribution in [0.2, 0.25) is 0 Å². The second-order valence-electron chi connectivity index (χ2n) is 10.5. The fourth-order valence-electron chi connectivity index (χ4n) is 4.41. The van der Waals surface area contributed by atoms with Gasteiger partial charge in [-0.2, -0.15) is 0 Å². The molecule has 0 saturated heterocycles. The molecule has 1 aliphatic carbocycles. The van der Waals surface area contributed by atoms with Crippen LogP contribution in [0.25, 0.3) is 0 Å². The fourth-order valence-corrected chi connectivity index (χ4v) is 4.41. The molecule has 1 aromatic rings. The molecule has 0 radical (unpaired) electrons. The van der Waals surface area contributed by atoms with Crippen molar-refractivity contribution in [2.45, 2.75) is 98.8 Å². The van der Waals surface area contributed by atoms with Crippen LogP contribution < -0.4 is 5.73 Å². The highest BCUT2D eigenvalue weighted by atomic mass is 16.1. The van der Waals surface area contributed by atoms with Crippen molar-refractivity contribution in [3.05, 3.63) is 47.6 Å². The van der Waals surface area contributed by atoms with Crippen molar-refractivity contribution in [1.82, 2.24) is 0 Å². The monoisotopic (exact) mass is 464 g/mol. The van der Waals surface area contributed by atoms with Crippen molar-refractivity contribution in [1.29, 1.82) is 0 Å². The topological polar surface area (TPSA) is 72.5 Å². The lowest BCUT2D eigenvalue weighted by Crippen LogP contribution is -2.27. The Kier molecular flexibility index (Phi) is 10.9. The lowest BCUT2D eigenvalue weighted by molar-refractivity contribution is -0.123. The summed E-state index contributed by atoms with van der Waals surface area (Å²) < 4.78 is 0. The summed E-state index contributed by atoms with van der Waals surface area (Å²) in [5.41, 5.74) is 8.99. The van der Waals surface area contributed by atoms with Crippen molar-refractivity contribution in [3.8, 4) is 0 Å². The number of hydrogen-bond donors (Lipinski definition) is 1. The number of benzene rings is 1. The van der Waals surface area contributed by atoms with Gasteiger partial charge in [0.2, 0.25) is 5.78 Å². The first-order valence-electron chi connectivity index (χ1n) is 13.1. The molecule has 0 heterocycles. The van der Waals surface area contributed by atoms with E-state index in [9.17, 15) is 9.59 Å². The summed E-state index contributed by atoms with van der Waals surface area (Å²) in [7, 11) is 0. The number of unbranched alkanes of at least 4 members (excludes halogenated alkanes) is 5. The maximum atomic E-state index is 13.2. The molecular weight excluding hydrogens is 420 g/mol. The number of carbonyl (C=O) groups excluding carboxylic acids is 2. The van der Waals surface area contributed by atoms with E-state index in [4.69, 9.17) is 5.73 Å². The average Bonchev–Trinajstić information content (AvgIpc) is 2.79. The van der Waals surface area contributed by atoms with Crippen LogP contribution in [-0.2, 0) is 9.59 Å². The third-order valence-corrected chi connectivity index (χ3v) is 6.63. The number of carbonyl (C=O) groups is 2. The fraction of sp³-hybridized carbons (Fsp3) is 0.567. The van der Waals surface area contributed by atoms with E-state index in [0.717, 1.165) is 30.4 Å². The summed E-state index contributed by atoms with van der Waals surface area (Å²) in [5.74, 6) is 0.408. The third-order valence-electron chi connectivity index (χ3n) is 6.63. The molecule has 0 bridgehead atoms. The van der Waals surface area contributed by atoms with E-state index in [1.54, 1.807) is 6.07 Å². The number of nitrogens with two attached hydrogens (primary N) is 1. The molecule has 0 aliphatic heterocycles. The normalized spacial score (nSPS) is 16.4. The van der Waals surface area contributed by atoms with Crippen LogP contribution in [-0.4, -0.2) is 17.3 Å². The van der Waals surface area contributed by atoms with Crippen molar-refractivity contribution in [2.24, 2.45) is 16.3 Å². The lowest BCUT2D eigenvalue weighted by atomic mass is 9.78. The van der Waals surface area contributed by atoms with Gasteiger partial charge in [0.25, 0.3) is 0 Å². The van der Waals surface area contributed by atoms with Gasteiger partial charge in [-0.1, -0.05) is 91.4 Å². The van der Waals surface area contributed by atoms with Gasteiger partial charge < -0.3 is 5.73 Å². The predicted molar refractivity (Wildman–Crippen MR) is 145 cm³/mol. The Balaban J connectivity index is 2.10. The van der Waals surface area contributed by atoms with Gasteiger partial charge in [-0.05, 0) is 48.5 Å². The number of para-hydroxylation sites is 2. The minimum Gasteiger partial charge on any atom is -0.397 e. The minimum atomic E-state index is -0.312. The first kappa shape index (κ1) is 27.8. The predicted octanol–water partition coefficient (Wildman–Crippen LogP) is 7.95. The molecule has 4 heteroatoms. The second-order valence-corrected chi connectivity index (χ2v) is 10.5. The highest BCUT2D eigenvalue weighted by Crippen LogP contribution is 2.33. The standard InChI is InChI=1S/C30H44N2O2/c1-6-8-9-10-11-12-15-23(7-2)28(33)19-18-22-20-24(30(3,4)5)29(34)27(21-22)32-26-17-14-13-16-25(26)31/h13-14,16-17,20-21,23H,6-12,15,18-19,31H2,1-5H3. The van der Waals surface area contributed by atoms with Crippen LogP contribution in [0.15, 0.2) is 52.6 Å². The number of nitrogen functional groups attached to an aromatic ring is 1. The van der Waals surface area contributed by atoms with Crippen molar-refractivity contribution in [2.75, 3.05) is 5.73 Å². The summed E-state index contributed by atoms with van der Waals surface area (Å²) in [6.45, 7) is 10.5. The van der Waals surface area contributed by atoms with Crippen LogP contribution >= 0.6 is 0 Å². The van der Waals surface area contributed by atoms with E-state index in [-0.39, 0.29) is 17.1 Å². The van der Waals surface area contributed by atoms with Crippen molar-refractivity contribution < 1.29 is 9.59 Å². The first-order chi connectivity index (χ1) is 16.2. The number of aliphatic imine (C=N–C) groups is 1.